The van der Waals surface area contributed by atoms with Crippen molar-refractivity contribution in [3.8, 4) is 22.6 Å². The molecule has 1 aromatic carbocycles. The summed E-state index contributed by atoms with van der Waals surface area (Å²) in [6, 6.07) is 7.94. The maximum Gasteiger partial charge on any atom is 0.411 e. The van der Waals surface area contributed by atoms with Crippen molar-refractivity contribution in [3.63, 3.8) is 0 Å². The number of fused-ring (bicyclic) bond motifs is 1. The maximum atomic E-state index is 14.0. The van der Waals surface area contributed by atoms with Gasteiger partial charge in [0.1, 0.15) is 12.4 Å². The highest BCUT2D eigenvalue weighted by Gasteiger charge is 2.49. The highest BCUT2D eigenvalue weighted by atomic mass is 32.2. The lowest BCUT2D eigenvalue weighted by molar-refractivity contribution is -0.203. The number of carbonyl (C=O) groups is 1. The van der Waals surface area contributed by atoms with Crippen LogP contribution in [0.2, 0.25) is 0 Å². The van der Waals surface area contributed by atoms with Crippen LogP contribution in [-0.2, 0) is 16.0 Å². The first-order valence-electron chi connectivity index (χ1n) is 19.0. The number of ether oxygens (including phenoxy) is 4. The third kappa shape index (κ3) is 8.49. The largest absolute Gasteiger partial charge is 0.448 e. The van der Waals surface area contributed by atoms with Gasteiger partial charge in [0.15, 0.2) is 11.5 Å². The quantitative estimate of drug-likeness (QED) is 0.217. The van der Waals surface area contributed by atoms with Crippen molar-refractivity contribution in [3.05, 3.63) is 63.2 Å². The Morgan fingerprint density at radius 1 is 1.05 bits per heavy atom. The van der Waals surface area contributed by atoms with Crippen molar-refractivity contribution < 1.29 is 36.9 Å². The molecule has 1 amide bonds. The normalized spacial score (nSPS) is 25.9. The molecule has 1 unspecified atom stereocenters. The van der Waals surface area contributed by atoms with E-state index < -0.39 is 24.7 Å². The van der Waals surface area contributed by atoms with Crippen LogP contribution in [0.15, 0.2) is 40.2 Å². The lowest BCUT2D eigenvalue weighted by Crippen LogP contribution is -2.58. The third-order valence-electron chi connectivity index (χ3n) is 11.3. The molecule has 1 saturated carbocycles. The van der Waals surface area contributed by atoms with Crippen LogP contribution in [-0.4, -0.2) is 96.1 Å². The molecule has 3 aliphatic heterocycles. The Balaban J connectivity index is 1.12. The number of morpholine rings is 1. The minimum Gasteiger partial charge on any atom is -0.448 e. The van der Waals surface area contributed by atoms with Crippen molar-refractivity contribution in [1.29, 1.82) is 0 Å². The maximum absolute atomic E-state index is 14.0. The number of amides is 1. The zero-order valence-corrected chi connectivity index (χ0v) is 33.0. The average molecular weight is 786 g/mol. The molecular weight excluding hydrogens is 736 g/mol. The molecule has 2 saturated heterocycles. The number of halogens is 3. The number of hydrogen-bond donors (Lipinski definition) is 2. The van der Waals surface area contributed by atoms with Crippen LogP contribution in [0.3, 0.4) is 0 Å². The standard InChI is InChI=1S/C40H50F3N5O6S/c1-22-13-33(55-6)32(38(50)46-22)16-45-37(49)30-14-31(26-7-12-34(44-15-26)48-17-23(2)52-24(3)18-48)36-35(25(30)4)53-39(5,54-36)27-8-10-28(11-9-27)47-19-29(20-47)51-21-40(41,42)43/h7,12-15,23-24,27-29H,8-11,16-21H2,1-6H3,(H,45,49)(H,46,50)/t23-,24+,27-,28-,39?. The molecule has 0 spiro atoms. The van der Waals surface area contributed by atoms with E-state index >= 15 is 0 Å². The minimum atomic E-state index is -4.32. The van der Waals surface area contributed by atoms with Gasteiger partial charge in [-0.25, -0.2) is 4.98 Å². The number of pyridine rings is 2. The number of aromatic nitrogens is 2. The van der Waals surface area contributed by atoms with Gasteiger partial charge in [-0.3, -0.25) is 14.5 Å². The van der Waals surface area contributed by atoms with Crippen molar-refractivity contribution in [2.45, 2.75) is 108 Å². The van der Waals surface area contributed by atoms with Crippen molar-refractivity contribution >= 4 is 23.5 Å². The Morgan fingerprint density at radius 3 is 2.38 bits per heavy atom. The lowest BCUT2D eigenvalue weighted by Gasteiger charge is -2.47. The van der Waals surface area contributed by atoms with Crippen LogP contribution in [0.4, 0.5) is 19.0 Å². The molecule has 4 aliphatic rings. The molecule has 298 valence electrons. The topological polar surface area (TPSA) is 118 Å². The summed E-state index contributed by atoms with van der Waals surface area (Å²) in [6.45, 7) is 11.0. The average Bonchev–Trinajstić information content (AvgIpc) is 3.49. The van der Waals surface area contributed by atoms with Crippen LogP contribution in [0, 0.1) is 19.8 Å². The fourth-order valence-electron chi connectivity index (χ4n) is 8.45. The highest BCUT2D eigenvalue weighted by molar-refractivity contribution is 7.98. The summed E-state index contributed by atoms with van der Waals surface area (Å²) in [7, 11) is 0. The molecule has 2 N–H and O–H groups in total. The van der Waals surface area contributed by atoms with Gasteiger partial charge in [-0.05, 0) is 83.9 Å². The van der Waals surface area contributed by atoms with Crippen LogP contribution in [0.5, 0.6) is 11.5 Å². The summed E-state index contributed by atoms with van der Waals surface area (Å²) in [6.07, 6.45) is 2.45. The Morgan fingerprint density at radius 2 is 1.75 bits per heavy atom. The van der Waals surface area contributed by atoms with Gasteiger partial charge < -0.3 is 34.1 Å². The van der Waals surface area contributed by atoms with Gasteiger partial charge in [-0.1, -0.05) is 0 Å². The highest BCUT2D eigenvalue weighted by Crippen LogP contribution is 2.53. The van der Waals surface area contributed by atoms with E-state index in [-0.39, 0.29) is 42.2 Å². The van der Waals surface area contributed by atoms with E-state index in [4.69, 9.17) is 23.9 Å². The second-order valence-electron chi connectivity index (χ2n) is 15.6. The molecule has 3 atom stereocenters. The number of thioether (sulfide) groups is 1. The number of hydrogen-bond acceptors (Lipinski definition) is 10. The number of nitrogens with zero attached hydrogens (tertiary/aromatic N) is 3. The summed E-state index contributed by atoms with van der Waals surface area (Å²) < 4.78 is 62.4. The first-order chi connectivity index (χ1) is 26.1. The first kappa shape index (κ1) is 39.4. The second-order valence-corrected chi connectivity index (χ2v) is 16.4. The Hall–Kier alpha value is -3.79. The molecule has 2 aromatic heterocycles. The van der Waals surface area contributed by atoms with Crippen molar-refractivity contribution in [1.82, 2.24) is 20.2 Å². The van der Waals surface area contributed by atoms with Crippen LogP contribution in [0.1, 0.15) is 73.6 Å². The number of nitrogens with one attached hydrogen (secondary N) is 2. The molecule has 0 bridgehead atoms. The number of anilines is 1. The van der Waals surface area contributed by atoms with Gasteiger partial charge in [-0.2, -0.15) is 13.2 Å². The number of rotatable bonds is 10. The summed E-state index contributed by atoms with van der Waals surface area (Å²) >= 11 is 1.45. The molecular formula is C40H50F3N5O6S. The number of carbonyl (C=O) groups excluding carboxylic acids is 1. The Bertz CT molecular complexity index is 1940. The summed E-state index contributed by atoms with van der Waals surface area (Å²) in [5.74, 6) is 0.555. The predicted octanol–water partition coefficient (Wildman–Crippen LogP) is 6.63. The number of aromatic amines is 1. The predicted molar refractivity (Wildman–Crippen MR) is 204 cm³/mol. The zero-order valence-electron chi connectivity index (χ0n) is 32.2. The molecule has 55 heavy (non-hydrogen) atoms. The van der Waals surface area contributed by atoms with Crippen molar-refractivity contribution in [2.24, 2.45) is 5.92 Å². The SMILES string of the molecule is CSc1cc(C)[nH]c(=O)c1CNC(=O)c1cc(-c2ccc(N3C[C@@H](C)O[C@@H](C)C3)nc2)c2c(c1C)OC(C)([C@H]1CC[C@H](N3CC(OCC(F)(F)F)C3)CC1)O2. The van der Waals surface area contributed by atoms with Gasteiger partial charge >= 0.3 is 6.18 Å². The Labute approximate surface area is 323 Å². The smallest absolute Gasteiger partial charge is 0.411 e. The molecule has 3 aromatic rings. The zero-order chi connectivity index (χ0) is 39.2. The van der Waals surface area contributed by atoms with E-state index in [1.54, 1.807) is 6.20 Å². The fraction of sp³-hybridized carbons (Fsp3) is 0.575. The van der Waals surface area contributed by atoms with Gasteiger partial charge in [0.05, 0.1) is 18.3 Å². The number of alkyl halides is 3. The van der Waals surface area contributed by atoms with Gasteiger partial charge in [0.2, 0.25) is 0 Å². The summed E-state index contributed by atoms with van der Waals surface area (Å²) in [5, 5.41) is 2.98. The second kappa shape index (κ2) is 15.6. The first-order valence-corrected chi connectivity index (χ1v) is 20.2. The molecule has 11 nitrogen and oxygen atoms in total. The van der Waals surface area contributed by atoms with E-state index in [9.17, 15) is 22.8 Å². The van der Waals surface area contributed by atoms with E-state index in [0.717, 1.165) is 60.7 Å². The number of benzene rings is 1. The molecule has 3 fully saturated rings. The van der Waals surface area contributed by atoms with Crippen LogP contribution >= 0.6 is 11.8 Å². The molecule has 15 heteroatoms. The van der Waals surface area contributed by atoms with Gasteiger partial charge in [0, 0.05) is 96.2 Å². The van der Waals surface area contributed by atoms with E-state index in [1.165, 1.54) is 11.8 Å². The summed E-state index contributed by atoms with van der Waals surface area (Å²) in [4.78, 5) is 39.8. The summed E-state index contributed by atoms with van der Waals surface area (Å²) in [5.41, 5.74) is 3.47. The van der Waals surface area contributed by atoms with Crippen LogP contribution in [0.25, 0.3) is 11.1 Å². The number of H-pyrrole nitrogens is 1. The van der Waals surface area contributed by atoms with E-state index in [2.05, 4.69) is 33.9 Å². The van der Waals surface area contributed by atoms with E-state index in [0.29, 0.717) is 46.8 Å². The molecule has 1 aliphatic carbocycles. The molecule has 7 rings (SSSR count). The minimum absolute atomic E-state index is 0.0308. The molecule has 5 heterocycles. The van der Waals surface area contributed by atoms with Crippen LogP contribution < -0.4 is 25.2 Å². The van der Waals surface area contributed by atoms with E-state index in [1.807, 2.05) is 51.3 Å². The Kier molecular flexibility index (Phi) is 11.2. The number of likely N-dealkylation sites (tertiary alicyclic amines) is 1. The van der Waals surface area contributed by atoms with Gasteiger partial charge in [0.25, 0.3) is 17.3 Å². The molecule has 0 radical (unpaired) electrons. The number of aryl methyl sites for hydroxylation is 1. The lowest BCUT2D eigenvalue weighted by atomic mass is 9.80. The van der Waals surface area contributed by atoms with Gasteiger partial charge in [-0.15, -0.1) is 11.8 Å². The fourth-order valence-corrected chi connectivity index (χ4v) is 9.15. The van der Waals surface area contributed by atoms with Crippen molar-refractivity contribution in [2.75, 3.05) is 43.9 Å². The monoisotopic (exact) mass is 785 g/mol. The third-order valence-corrected chi connectivity index (χ3v) is 12.1.